The first-order chi connectivity index (χ1) is 8.04. The predicted molar refractivity (Wildman–Crippen MR) is 62.2 cm³/mol. The number of hydrogen-bond acceptors (Lipinski definition) is 5. The normalized spacial score (nSPS) is 12.4. The van der Waals surface area contributed by atoms with Crippen LogP contribution in [-0.4, -0.2) is 24.9 Å². The van der Waals surface area contributed by atoms with Gasteiger partial charge in [-0.05, 0) is 26.0 Å². The molecular formula is C12H14N2O3. The van der Waals surface area contributed by atoms with Gasteiger partial charge in [0, 0.05) is 0 Å². The minimum atomic E-state index is -1.18. The maximum atomic E-state index is 11.2. The molecule has 0 saturated heterocycles. The van der Waals surface area contributed by atoms with Gasteiger partial charge >= 0.3 is 5.97 Å². The Morgan fingerprint density at radius 1 is 1.24 bits per heavy atom. The van der Waals surface area contributed by atoms with Gasteiger partial charge in [-0.2, -0.15) is 10.2 Å². The summed E-state index contributed by atoms with van der Waals surface area (Å²) in [6.07, 6.45) is 0. The Hall–Kier alpha value is -2.04. The first kappa shape index (κ1) is 13.0. The molecule has 1 aromatic carbocycles. The van der Waals surface area contributed by atoms with Crippen molar-refractivity contribution in [2.75, 3.05) is 7.11 Å². The number of benzene rings is 1. The molecule has 17 heavy (non-hydrogen) atoms. The molecule has 0 saturated carbocycles. The van der Waals surface area contributed by atoms with Crippen LogP contribution in [0.15, 0.2) is 34.5 Å². The maximum absolute atomic E-state index is 11.2. The molecule has 0 radical (unpaired) electrons. The van der Waals surface area contributed by atoms with Gasteiger partial charge in [0.1, 0.15) is 0 Å². The fourth-order valence-corrected chi connectivity index (χ4v) is 1.14. The number of methoxy groups -OCH3 is 1. The highest BCUT2D eigenvalue weighted by molar-refractivity contribution is 6.01. The van der Waals surface area contributed by atoms with Crippen LogP contribution in [0.1, 0.15) is 12.5 Å². The topological polar surface area (TPSA) is 68.1 Å². The summed E-state index contributed by atoms with van der Waals surface area (Å²) >= 11 is 0. The van der Waals surface area contributed by atoms with Crippen LogP contribution in [-0.2, 0) is 14.3 Å². The van der Waals surface area contributed by atoms with Gasteiger partial charge in [0.25, 0.3) is 0 Å². The fourth-order valence-electron chi connectivity index (χ4n) is 1.14. The molecule has 0 amide bonds. The summed E-state index contributed by atoms with van der Waals surface area (Å²) in [6, 6.07) is 6.08. The van der Waals surface area contributed by atoms with Crippen LogP contribution >= 0.6 is 0 Å². The molecule has 0 unspecified atom stereocenters. The van der Waals surface area contributed by atoms with Gasteiger partial charge in [-0.3, -0.25) is 4.79 Å². The number of Topliss-reactive ketones (excluding diaryl/α,β-unsaturated/α-hetero) is 1. The number of nitrogens with zero attached hydrogens (tertiary/aromatic N) is 2. The van der Waals surface area contributed by atoms with E-state index in [0.717, 1.165) is 5.56 Å². The molecule has 0 bridgehead atoms. The van der Waals surface area contributed by atoms with Crippen molar-refractivity contribution in [2.24, 2.45) is 10.2 Å². The van der Waals surface area contributed by atoms with Crippen molar-refractivity contribution in [3.63, 3.8) is 0 Å². The number of carbonyl (C=O) groups is 2. The highest BCUT2D eigenvalue weighted by atomic mass is 16.5. The second-order valence-electron chi connectivity index (χ2n) is 3.59. The quantitative estimate of drug-likeness (QED) is 0.455. The number of carbonyl (C=O) groups excluding carboxylic acids is 2. The van der Waals surface area contributed by atoms with E-state index < -0.39 is 17.8 Å². The van der Waals surface area contributed by atoms with Crippen molar-refractivity contribution in [2.45, 2.75) is 19.9 Å². The number of esters is 1. The minimum Gasteiger partial charge on any atom is -0.467 e. The van der Waals surface area contributed by atoms with E-state index in [2.05, 4.69) is 15.0 Å². The summed E-state index contributed by atoms with van der Waals surface area (Å²) in [5, 5.41) is 7.54. The number of ether oxygens (including phenoxy) is 1. The smallest absolute Gasteiger partial charge is 0.340 e. The molecule has 1 aromatic rings. The lowest BCUT2D eigenvalue weighted by Crippen LogP contribution is -2.26. The SMILES string of the molecule is COC(=O)[C@H](N=Nc1ccc(C)cc1)C(C)=O. The van der Waals surface area contributed by atoms with Gasteiger partial charge in [-0.1, -0.05) is 17.7 Å². The van der Waals surface area contributed by atoms with Gasteiger partial charge in [-0.15, -0.1) is 0 Å². The van der Waals surface area contributed by atoms with E-state index in [1.165, 1.54) is 14.0 Å². The molecule has 1 atom stereocenters. The number of rotatable bonds is 4. The van der Waals surface area contributed by atoms with Gasteiger partial charge in [0.2, 0.25) is 6.04 Å². The third-order valence-corrected chi connectivity index (χ3v) is 2.13. The van der Waals surface area contributed by atoms with E-state index in [-0.39, 0.29) is 0 Å². The molecule has 5 heteroatoms. The summed E-state index contributed by atoms with van der Waals surface area (Å²) in [5.41, 5.74) is 1.69. The van der Waals surface area contributed by atoms with E-state index in [0.29, 0.717) is 5.69 Å². The molecule has 0 aromatic heterocycles. The zero-order valence-corrected chi connectivity index (χ0v) is 10.0. The first-order valence-corrected chi connectivity index (χ1v) is 5.10. The van der Waals surface area contributed by atoms with Gasteiger partial charge in [0.15, 0.2) is 5.78 Å². The number of aryl methyl sites for hydroxylation is 1. The van der Waals surface area contributed by atoms with Crippen molar-refractivity contribution in [3.05, 3.63) is 29.8 Å². The van der Waals surface area contributed by atoms with Crippen molar-refractivity contribution >= 4 is 17.4 Å². The average molecular weight is 234 g/mol. The zero-order chi connectivity index (χ0) is 12.8. The molecule has 1 rings (SSSR count). The summed E-state index contributed by atoms with van der Waals surface area (Å²) in [6.45, 7) is 3.23. The Kier molecular flexibility index (Phi) is 4.51. The lowest BCUT2D eigenvalue weighted by molar-refractivity contribution is -0.144. The van der Waals surface area contributed by atoms with E-state index in [1.54, 1.807) is 12.1 Å². The lowest BCUT2D eigenvalue weighted by Gasteiger charge is -2.04. The second-order valence-corrected chi connectivity index (χ2v) is 3.59. The van der Waals surface area contributed by atoms with E-state index in [1.807, 2.05) is 19.1 Å². The fraction of sp³-hybridized carbons (Fsp3) is 0.333. The van der Waals surface area contributed by atoms with Crippen LogP contribution in [0.3, 0.4) is 0 Å². The van der Waals surface area contributed by atoms with Crippen LogP contribution < -0.4 is 0 Å². The predicted octanol–water partition coefficient (Wildman–Crippen LogP) is 2.21. The van der Waals surface area contributed by atoms with Crippen molar-refractivity contribution in [3.8, 4) is 0 Å². The Morgan fingerprint density at radius 3 is 2.29 bits per heavy atom. The van der Waals surface area contributed by atoms with Gasteiger partial charge < -0.3 is 4.74 Å². The van der Waals surface area contributed by atoms with Crippen LogP contribution in [0.4, 0.5) is 5.69 Å². The summed E-state index contributed by atoms with van der Waals surface area (Å²) in [5.74, 6) is -1.10. The van der Waals surface area contributed by atoms with E-state index >= 15 is 0 Å². The number of ketones is 1. The third-order valence-electron chi connectivity index (χ3n) is 2.13. The van der Waals surface area contributed by atoms with Gasteiger partial charge in [-0.25, -0.2) is 4.79 Å². The Bertz CT molecular complexity index is 438. The molecular weight excluding hydrogens is 220 g/mol. The van der Waals surface area contributed by atoms with Crippen LogP contribution in [0.25, 0.3) is 0 Å². The van der Waals surface area contributed by atoms with Crippen molar-refractivity contribution < 1.29 is 14.3 Å². The van der Waals surface area contributed by atoms with Crippen molar-refractivity contribution in [1.29, 1.82) is 0 Å². The summed E-state index contributed by atoms with van der Waals surface area (Å²) in [7, 11) is 1.21. The molecule has 0 aliphatic carbocycles. The molecule has 0 aliphatic heterocycles. The van der Waals surface area contributed by atoms with E-state index in [4.69, 9.17) is 0 Å². The molecule has 5 nitrogen and oxygen atoms in total. The average Bonchev–Trinajstić information content (AvgIpc) is 2.31. The lowest BCUT2D eigenvalue weighted by atomic mass is 10.2. The Balaban J connectivity index is 2.83. The minimum absolute atomic E-state index is 0.396. The Labute approximate surface area is 99.5 Å². The molecule has 0 N–H and O–H groups in total. The van der Waals surface area contributed by atoms with Crippen LogP contribution in [0.5, 0.6) is 0 Å². The first-order valence-electron chi connectivity index (χ1n) is 5.10. The number of azo groups is 1. The molecule has 0 fully saturated rings. The zero-order valence-electron chi connectivity index (χ0n) is 10.0. The highest BCUT2D eigenvalue weighted by Gasteiger charge is 2.23. The monoisotopic (exact) mass is 234 g/mol. The summed E-state index contributed by atoms with van der Waals surface area (Å²) in [4.78, 5) is 22.4. The molecule has 90 valence electrons. The highest BCUT2D eigenvalue weighted by Crippen LogP contribution is 2.14. The molecule has 0 spiro atoms. The molecule has 0 heterocycles. The maximum Gasteiger partial charge on any atom is 0.340 e. The second kappa shape index (κ2) is 5.89. The molecule has 0 aliphatic rings. The summed E-state index contributed by atoms with van der Waals surface area (Å²) < 4.78 is 4.47. The van der Waals surface area contributed by atoms with Crippen LogP contribution in [0, 0.1) is 6.92 Å². The largest absolute Gasteiger partial charge is 0.467 e. The third kappa shape index (κ3) is 3.79. The van der Waals surface area contributed by atoms with Gasteiger partial charge in [0.05, 0.1) is 12.8 Å². The Morgan fingerprint density at radius 2 is 1.82 bits per heavy atom. The number of hydrogen-bond donors (Lipinski definition) is 0. The van der Waals surface area contributed by atoms with E-state index in [9.17, 15) is 9.59 Å². The van der Waals surface area contributed by atoms with Crippen molar-refractivity contribution in [1.82, 2.24) is 0 Å². The van der Waals surface area contributed by atoms with Crippen LogP contribution in [0.2, 0.25) is 0 Å². The standard InChI is InChI=1S/C12H14N2O3/c1-8-4-6-10(7-5-8)13-14-11(9(2)15)12(16)17-3/h4-7,11H,1-3H3/t11-/m1/s1.